The summed E-state index contributed by atoms with van der Waals surface area (Å²) in [5.41, 5.74) is 0. The number of benzene rings is 1. The van der Waals surface area contributed by atoms with E-state index in [-0.39, 0.29) is 11.1 Å². The Bertz CT molecular complexity index is 410. The summed E-state index contributed by atoms with van der Waals surface area (Å²) in [6.07, 6.45) is 2.58. The van der Waals surface area contributed by atoms with E-state index in [9.17, 15) is 4.39 Å². The fourth-order valence-electron chi connectivity index (χ4n) is 2.08. The van der Waals surface area contributed by atoms with Gasteiger partial charge in [0.25, 0.3) is 0 Å². The van der Waals surface area contributed by atoms with Gasteiger partial charge in [0, 0.05) is 25.8 Å². The first-order valence-electron chi connectivity index (χ1n) is 6.59. The average molecular weight is 288 g/mol. The van der Waals surface area contributed by atoms with Gasteiger partial charge in [-0.05, 0) is 31.9 Å². The molecule has 0 spiro atoms. The van der Waals surface area contributed by atoms with E-state index in [2.05, 4.69) is 5.32 Å². The van der Waals surface area contributed by atoms with E-state index in [0.717, 1.165) is 32.5 Å². The van der Waals surface area contributed by atoms with Crippen LogP contribution >= 0.6 is 11.6 Å². The molecule has 19 heavy (non-hydrogen) atoms. The Morgan fingerprint density at radius 3 is 3.11 bits per heavy atom. The highest BCUT2D eigenvalue weighted by molar-refractivity contribution is 6.30. The first kappa shape index (κ1) is 14.6. The average Bonchev–Trinajstić information content (AvgIpc) is 2.87. The van der Waals surface area contributed by atoms with Crippen molar-refractivity contribution in [1.29, 1.82) is 0 Å². The molecule has 0 aliphatic carbocycles. The molecule has 1 aromatic rings. The molecule has 1 N–H and O–H groups in total. The van der Waals surface area contributed by atoms with Crippen molar-refractivity contribution in [3.05, 3.63) is 29.0 Å². The lowest BCUT2D eigenvalue weighted by Crippen LogP contribution is -2.34. The van der Waals surface area contributed by atoms with Gasteiger partial charge < -0.3 is 14.8 Å². The normalized spacial score (nSPS) is 20.5. The summed E-state index contributed by atoms with van der Waals surface area (Å²) < 4.78 is 24.2. The van der Waals surface area contributed by atoms with Crippen LogP contribution < -0.4 is 10.1 Å². The number of halogens is 2. The van der Waals surface area contributed by atoms with Crippen molar-refractivity contribution in [2.75, 3.05) is 19.7 Å². The molecule has 106 valence electrons. The Balaban J connectivity index is 1.70. The molecule has 1 heterocycles. The number of ether oxygens (including phenoxy) is 2. The lowest BCUT2D eigenvalue weighted by molar-refractivity contribution is 0.106. The van der Waals surface area contributed by atoms with Crippen LogP contribution in [0.4, 0.5) is 4.39 Å². The van der Waals surface area contributed by atoms with Crippen molar-refractivity contribution in [1.82, 2.24) is 5.32 Å². The van der Waals surface area contributed by atoms with Crippen LogP contribution in [0.25, 0.3) is 0 Å². The first-order chi connectivity index (χ1) is 9.15. The third-order valence-electron chi connectivity index (χ3n) is 3.06. The predicted octanol–water partition coefficient (Wildman–Crippen LogP) is 3.02. The SMILES string of the molecule is CC(CNCC1CCCO1)Oc1ccc(F)c(Cl)c1. The fourth-order valence-corrected chi connectivity index (χ4v) is 2.25. The summed E-state index contributed by atoms with van der Waals surface area (Å²) in [6.45, 7) is 4.39. The zero-order valence-corrected chi connectivity index (χ0v) is 11.8. The van der Waals surface area contributed by atoms with Crippen molar-refractivity contribution < 1.29 is 13.9 Å². The van der Waals surface area contributed by atoms with Crippen LogP contribution in [0.2, 0.25) is 5.02 Å². The van der Waals surface area contributed by atoms with E-state index in [1.807, 2.05) is 6.92 Å². The van der Waals surface area contributed by atoms with Crippen LogP contribution in [0.1, 0.15) is 19.8 Å². The molecule has 2 unspecified atom stereocenters. The highest BCUT2D eigenvalue weighted by Crippen LogP contribution is 2.21. The Kier molecular flexibility index (Phi) is 5.43. The van der Waals surface area contributed by atoms with E-state index >= 15 is 0 Å². The standard InChI is InChI=1S/C14H19ClFNO2/c1-10(8-17-9-12-3-2-6-18-12)19-11-4-5-14(16)13(15)7-11/h4-5,7,10,12,17H,2-3,6,8-9H2,1H3. The summed E-state index contributed by atoms with van der Waals surface area (Å²) >= 11 is 5.70. The molecule has 0 saturated carbocycles. The molecule has 0 radical (unpaired) electrons. The van der Waals surface area contributed by atoms with Crippen molar-refractivity contribution in [2.45, 2.75) is 32.0 Å². The molecule has 1 aromatic carbocycles. The van der Waals surface area contributed by atoms with Gasteiger partial charge in [-0.2, -0.15) is 0 Å². The Hall–Kier alpha value is -0.840. The van der Waals surface area contributed by atoms with Crippen LogP contribution in [0.3, 0.4) is 0 Å². The van der Waals surface area contributed by atoms with Gasteiger partial charge in [-0.3, -0.25) is 0 Å². The smallest absolute Gasteiger partial charge is 0.142 e. The largest absolute Gasteiger partial charge is 0.489 e. The fraction of sp³-hybridized carbons (Fsp3) is 0.571. The molecule has 0 aromatic heterocycles. The Morgan fingerprint density at radius 2 is 2.42 bits per heavy atom. The molecule has 2 atom stereocenters. The van der Waals surface area contributed by atoms with Gasteiger partial charge >= 0.3 is 0 Å². The topological polar surface area (TPSA) is 30.5 Å². The lowest BCUT2D eigenvalue weighted by Gasteiger charge is -2.17. The van der Waals surface area contributed by atoms with Gasteiger partial charge in [-0.25, -0.2) is 4.39 Å². The minimum atomic E-state index is -0.432. The first-order valence-corrected chi connectivity index (χ1v) is 6.97. The molecular weight excluding hydrogens is 269 g/mol. The van der Waals surface area contributed by atoms with Crippen LogP contribution in [-0.4, -0.2) is 31.9 Å². The quantitative estimate of drug-likeness (QED) is 0.872. The molecule has 1 aliphatic rings. The summed E-state index contributed by atoms with van der Waals surface area (Å²) in [5.74, 6) is 0.149. The van der Waals surface area contributed by atoms with Crippen LogP contribution in [0.15, 0.2) is 18.2 Å². The highest BCUT2D eigenvalue weighted by atomic mass is 35.5. The van der Waals surface area contributed by atoms with Crippen LogP contribution in [0, 0.1) is 5.82 Å². The van der Waals surface area contributed by atoms with E-state index in [0.29, 0.717) is 11.9 Å². The highest BCUT2D eigenvalue weighted by Gasteiger charge is 2.15. The van der Waals surface area contributed by atoms with E-state index in [1.165, 1.54) is 12.1 Å². The number of hydrogen-bond acceptors (Lipinski definition) is 3. The Labute approximate surface area is 118 Å². The predicted molar refractivity (Wildman–Crippen MR) is 73.3 cm³/mol. The number of rotatable bonds is 6. The molecule has 5 heteroatoms. The zero-order chi connectivity index (χ0) is 13.7. The van der Waals surface area contributed by atoms with E-state index in [1.54, 1.807) is 6.07 Å². The van der Waals surface area contributed by atoms with E-state index < -0.39 is 5.82 Å². The van der Waals surface area contributed by atoms with Gasteiger partial charge in [0.15, 0.2) is 0 Å². The maximum atomic E-state index is 13.0. The monoisotopic (exact) mass is 287 g/mol. The lowest BCUT2D eigenvalue weighted by atomic mass is 10.2. The van der Waals surface area contributed by atoms with Crippen molar-refractivity contribution in [3.63, 3.8) is 0 Å². The molecule has 3 nitrogen and oxygen atoms in total. The van der Waals surface area contributed by atoms with Gasteiger partial charge in [-0.1, -0.05) is 11.6 Å². The summed E-state index contributed by atoms with van der Waals surface area (Å²) in [7, 11) is 0. The molecule has 2 rings (SSSR count). The van der Waals surface area contributed by atoms with Gasteiger partial charge in [0.1, 0.15) is 17.7 Å². The molecule has 0 amide bonds. The summed E-state index contributed by atoms with van der Waals surface area (Å²) in [4.78, 5) is 0. The maximum absolute atomic E-state index is 13.0. The molecule has 1 fully saturated rings. The molecular formula is C14H19ClFNO2. The maximum Gasteiger partial charge on any atom is 0.142 e. The minimum absolute atomic E-state index is 0.0112. The second-order valence-electron chi connectivity index (χ2n) is 4.80. The zero-order valence-electron chi connectivity index (χ0n) is 11.0. The van der Waals surface area contributed by atoms with Gasteiger partial charge in [-0.15, -0.1) is 0 Å². The molecule has 1 saturated heterocycles. The van der Waals surface area contributed by atoms with Crippen LogP contribution in [0.5, 0.6) is 5.75 Å². The van der Waals surface area contributed by atoms with Gasteiger partial charge in [0.2, 0.25) is 0 Å². The van der Waals surface area contributed by atoms with Crippen molar-refractivity contribution in [2.24, 2.45) is 0 Å². The van der Waals surface area contributed by atoms with Crippen molar-refractivity contribution >= 4 is 11.6 Å². The summed E-state index contributed by atoms with van der Waals surface area (Å²) in [5, 5.41) is 3.40. The molecule has 1 aliphatic heterocycles. The summed E-state index contributed by atoms with van der Waals surface area (Å²) in [6, 6.07) is 4.38. The second-order valence-corrected chi connectivity index (χ2v) is 5.20. The van der Waals surface area contributed by atoms with Crippen molar-refractivity contribution in [3.8, 4) is 5.75 Å². The minimum Gasteiger partial charge on any atom is -0.489 e. The van der Waals surface area contributed by atoms with Crippen LogP contribution in [-0.2, 0) is 4.74 Å². The van der Waals surface area contributed by atoms with Gasteiger partial charge in [0.05, 0.1) is 11.1 Å². The third kappa shape index (κ3) is 4.64. The molecule has 0 bridgehead atoms. The van der Waals surface area contributed by atoms with E-state index in [4.69, 9.17) is 21.1 Å². The number of hydrogen-bond donors (Lipinski definition) is 1. The second kappa shape index (κ2) is 7.08. The number of nitrogens with one attached hydrogen (secondary N) is 1. The Morgan fingerprint density at radius 1 is 1.58 bits per heavy atom. The third-order valence-corrected chi connectivity index (χ3v) is 3.35.